The maximum absolute atomic E-state index is 13.0. The quantitative estimate of drug-likeness (QED) is 0.192. The summed E-state index contributed by atoms with van der Waals surface area (Å²) in [4.78, 5) is 12.8. The number of rotatable bonds is 9. The molecule has 4 rings (SSSR count). The number of carbonyl (C=O) groups excluding carboxylic acids is 1. The van der Waals surface area contributed by atoms with Gasteiger partial charge in [-0.25, -0.2) is 18.6 Å². The van der Waals surface area contributed by atoms with E-state index in [1.54, 1.807) is 66.7 Å². The molecule has 1 aromatic heterocycles. The first-order chi connectivity index (χ1) is 17.7. The first kappa shape index (κ1) is 26.6. The maximum Gasteiger partial charge on any atom is 0.242 e. The van der Waals surface area contributed by atoms with Crippen LogP contribution in [0, 0.1) is 6.92 Å². The molecule has 0 saturated heterocycles. The molecule has 0 saturated carbocycles. The van der Waals surface area contributed by atoms with Gasteiger partial charge in [0.1, 0.15) is 11.5 Å². The van der Waals surface area contributed by atoms with Crippen LogP contribution in [0.15, 0.2) is 99.3 Å². The van der Waals surface area contributed by atoms with Crippen LogP contribution in [0.2, 0.25) is 10.0 Å². The Kier molecular flexibility index (Phi) is 8.45. The molecule has 1 atom stereocenters. The Bertz CT molecular complexity index is 1520. The number of carbonyl (C=O) groups is 1. The smallest absolute Gasteiger partial charge is 0.242 e. The number of nitrogens with zero attached hydrogens (tertiary/aromatic N) is 1. The van der Waals surface area contributed by atoms with Crippen LogP contribution in [0.25, 0.3) is 11.3 Å². The van der Waals surface area contributed by atoms with Crippen molar-refractivity contribution in [3.05, 3.63) is 112 Å². The van der Waals surface area contributed by atoms with Crippen LogP contribution in [0.1, 0.15) is 29.3 Å². The number of hydrogen-bond acceptors (Lipinski definition) is 5. The highest BCUT2D eigenvalue weighted by atomic mass is 35.5. The molecule has 0 unspecified atom stereocenters. The third-order valence-electron chi connectivity index (χ3n) is 5.42. The number of nitrogens with one attached hydrogen (secondary N) is 2. The molecule has 7 nitrogen and oxygen atoms in total. The van der Waals surface area contributed by atoms with Gasteiger partial charge >= 0.3 is 0 Å². The normalized spacial score (nSPS) is 12.5. The summed E-state index contributed by atoms with van der Waals surface area (Å²) >= 11 is 12.2. The number of aryl methyl sites for hydroxylation is 1. The first-order valence-corrected chi connectivity index (χ1v) is 13.5. The van der Waals surface area contributed by atoms with Crippen molar-refractivity contribution in [1.29, 1.82) is 0 Å². The molecule has 10 heteroatoms. The van der Waals surface area contributed by atoms with Gasteiger partial charge in [-0.15, -0.1) is 0 Å². The van der Waals surface area contributed by atoms with E-state index in [1.165, 1.54) is 18.3 Å². The second-order valence-electron chi connectivity index (χ2n) is 8.22. The highest BCUT2D eigenvalue weighted by Crippen LogP contribution is 2.31. The summed E-state index contributed by atoms with van der Waals surface area (Å²) < 4.78 is 34.3. The van der Waals surface area contributed by atoms with E-state index in [1.807, 2.05) is 13.0 Å². The summed E-state index contributed by atoms with van der Waals surface area (Å²) in [7, 11) is -3.87. The molecule has 4 aromatic rings. The molecule has 1 amide bonds. The van der Waals surface area contributed by atoms with Crippen LogP contribution in [0.5, 0.6) is 0 Å². The van der Waals surface area contributed by atoms with E-state index in [0.29, 0.717) is 32.7 Å². The standard InChI is InChI=1S/C27H23Cl2N3O4S/c1-18-7-11-22(12-8-18)37(34,35)32-25(19-5-3-2-4-6-19)16-27(33)31-30-17-21-10-14-26(36-21)23-13-9-20(28)15-24(23)29/h2-15,17,25,32H,16H2,1H3,(H,31,33)/b30-17-/t25-/m1/s1. The number of benzene rings is 3. The molecular weight excluding hydrogens is 533 g/mol. The van der Waals surface area contributed by atoms with E-state index >= 15 is 0 Å². The van der Waals surface area contributed by atoms with Crippen molar-refractivity contribution in [2.75, 3.05) is 0 Å². The van der Waals surface area contributed by atoms with Gasteiger partial charge in [-0.1, -0.05) is 71.2 Å². The van der Waals surface area contributed by atoms with Crippen LogP contribution in [-0.2, 0) is 14.8 Å². The Balaban J connectivity index is 1.44. The topological polar surface area (TPSA) is 101 Å². The first-order valence-electron chi connectivity index (χ1n) is 11.2. The van der Waals surface area contributed by atoms with Gasteiger partial charge in [0.25, 0.3) is 0 Å². The highest BCUT2D eigenvalue weighted by molar-refractivity contribution is 7.89. The van der Waals surface area contributed by atoms with E-state index < -0.39 is 22.0 Å². The Morgan fingerprint density at radius 2 is 1.73 bits per heavy atom. The lowest BCUT2D eigenvalue weighted by atomic mass is 10.0. The van der Waals surface area contributed by atoms with Crippen LogP contribution < -0.4 is 10.1 Å². The number of hydrogen-bond donors (Lipinski definition) is 2. The molecule has 37 heavy (non-hydrogen) atoms. The SMILES string of the molecule is Cc1ccc(S(=O)(=O)N[C@H](CC(=O)N/N=C\c2ccc(-c3ccc(Cl)cc3Cl)o2)c2ccccc2)cc1. The molecule has 190 valence electrons. The molecule has 0 bridgehead atoms. The molecule has 0 aliphatic rings. The fourth-order valence-electron chi connectivity index (χ4n) is 3.54. The zero-order valence-corrected chi connectivity index (χ0v) is 22.0. The summed E-state index contributed by atoms with van der Waals surface area (Å²) in [5.74, 6) is 0.425. The summed E-state index contributed by atoms with van der Waals surface area (Å²) in [6.07, 6.45) is 1.18. The lowest BCUT2D eigenvalue weighted by Crippen LogP contribution is -2.32. The minimum Gasteiger partial charge on any atom is -0.455 e. The monoisotopic (exact) mass is 555 g/mol. The van der Waals surface area contributed by atoms with Crippen molar-refractivity contribution < 1.29 is 17.6 Å². The fourth-order valence-corrected chi connectivity index (χ4v) is 5.27. The average Bonchev–Trinajstić information content (AvgIpc) is 3.33. The lowest BCUT2D eigenvalue weighted by molar-refractivity contribution is -0.121. The van der Waals surface area contributed by atoms with E-state index in [2.05, 4.69) is 15.2 Å². The minimum atomic E-state index is -3.87. The van der Waals surface area contributed by atoms with Gasteiger partial charge in [-0.3, -0.25) is 4.79 Å². The second kappa shape index (κ2) is 11.7. The number of halogens is 2. The van der Waals surface area contributed by atoms with E-state index in [9.17, 15) is 13.2 Å². The molecule has 1 heterocycles. The third kappa shape index (κ3) is 7.08. The van der Waals surface area contributed by atoms with Crippen LogP contribution in [-0.4, -0.2) is 20.5 Å². The predicted octanol–water partition coefficient (Wildman–Crippen LogP) is 6.12. The van der Waals surface area contributed by atoms with Crippen molar-refractivity contribution >= 4 is 45.3 Å². The second-order valence-corrected chi connectivity index (χ2v) is 10.8. The summed E-state index contributed by atoms with van der Waals surface area (Å²) in [6.45, 7) is 1.87. The molecule has 2 N–H and O–H groups in total. The van der Waals surface area contributed by atoms with Gasteiger partial charge in [-0.2, -0.15) is 5.10 Å². The summed E-state index contributed by atoms with van der Waals surface area (Å²) in [5, 5.41) is 4.90. The number of sulfonamides is 1. The largest absolute Gasteiger partial charge is 0.455 e. The van der Waals surface area contributed by atoms with E-state index in [0.717, 1.165) is 5.56 Å². The lowest BCUT2D eigenvalue weighted by Gasteiger charge is -2.18. The Labute approximate surface area is 225 Å². The number of hydrazone groups is 1. The van der Waals surface area contributed by atoms with Gasteiger partial charge in [-0.05, 0) is 55.0 Å². The zero-order chi connectivity index (χ0) is 26.4. The fraction of sp³-hybridized carbons (Fsp3) is 0.111. The average molecular weight is 556 g/mol. The van der Waals surface area contributed by atoms with Crippen molar-refractivity contribution in [2.45, 2.75) is 24.3 Å². The third-order valence-corrected chi connectivity index (χ3v) is 7.46. The van der Waals surface area contributed by atoms with Crippen molar-refractivity contribution in [1.82, 2.24) is 10.1 Å². The number of furan rings is 1. The molecule has 0 aliphatic carbocycles. The molecule has 0 aliphatic heterocycles. The zero-order valence-electron chi connectivity index (χ0n) is 19.7. The minimum absolute atomic E-state index is 0.117. The van der Waals surface area contributed by atoms with Gasteiger partial charge in [0.15, 0.2) is 0 Å². The molecular formula is C27H23Cl2N3O4S. The van der Waals surface area contributed by atoms with Crippen molar-refractivity contribution in [3.63, 3.8) is 0 Å². The molecule has 0 radical (unpaired) electrons. The van der Waals surface area contributed by atoms with Gasteiger partial charge < -0.3 is 4.42 Å². The van der Waals surface area contributed by atoms with E-state index in [-0.39, 0.29) is 11.3 Å². The maximum atomic E-state index is 13.0. The molecule has 3 aromatic carbocycles. The van der Waals surface area contributed by atoms with E-state index in [4.69, 9.17) is 27.6 Å². The van der Waals surface area contributed by atoms with Gasteiger partial charge in [0.05, 0.1) is 22.2 Å². The number of amides is 1. The van der Waals surface area contributed by atoms with Gasteiger partial charge in [0.2, 0.25) is 15.9 Å². The molecule has 0 fully saturated rings. The van der Waals surface area contributed by atoms with Crippen LogP contribution in [0.4, 0.5) is 0 Å². The Morgan fingerprint density at radius 3 is 2.43 bits per heavy atom. The predicted molar refractivity (Wildman–Crippen MR) is 145 cm³/mol. The van der Waals surface area contributed by atoms with Crippen LogP contribution >= 0.6 is 23.2 Å². The Morgan fingerprint density at radius 1 is 1.00 bits per heavy atom. The van der Waals surface area contributed by atoms with Gasteiger partial charge in [0, 0.05) is 17.0 Å². The molecule has 0 spiro atoms. The van der Waals surface area contributed by atoms with Crippen LogP contribution in [0.3, 0.4) is 0 Å². The highest BCUT2D eigenvalue weighted by Gasteiger charge is 2.23. The summed E-state index contributed by atoms with van der Waals surface area (Å²) in [6, 6.07) is 23.0. The Hall–Kier alpha value is -3.43. The van der Waals surface area contributed by atoms with Crippen molar-refractivity contribution in [2.24, 2.45) is 5.10 Å². The summed E-state index contributed by atoms with van der Waals surface area (Å²) in [5.41, 5.74) is 4.68. The van der Waals surface area contributed by atoms with Crippen molar-refractivity contribution in [3.8, 4) is 11.3 Å².